The van der Waals surface area contributed by atoms with Gasteiger partial charge in [0.1, 0.15) is 12.4 Å². The van der Waals surface area contributed by atoms with Gasteiger partial charge in [0, 0.05) is 11.1 Å². The summed E-state index contributed by atoms with van der Waals surface area (Å²) in [5.74, 6) is 0.425. The van der Waals surface area contributed by atoms with Crippen molar-refractivity contribution >= 4 is 23.3 Å². The molecule has 1 N–H and O–H groups in total. The van der Waals surface area contributed by atoms with Crippen molar-refractivity contribution in [1.29, 1.82) is 0 Å². The molecular weight excluding hydrogens is 302 g/mol. The minimum absolute atomic E-state index is 0.0139. The molecule has 0 aliphatic rings. The first kappa shape index (κ1) is 16.3. The number of carbonyl (C=O) groups excluding carboxylic acids is 1. The van der Waals surface area contributed by atoms with Gasteiger partial charge in [0.2, 0.25) is 0 Å². The van der Waals surface area contributed by atoms with Gasteiger partial charge in [-0.2, -0.15) is 5.10 Å². The van der Waals surface area contributed by atoms with E-state index >= 15 is 0 Å². The molecule has 0 atom stereocenters. The highest BCUT2D eigenvalue weighted by Gasteiger charge is 2.08. The van der Waals surface area contributed by atoms with E-state index in [1.807, 2.05) is 24.3 Å². The lowest BCUT2D eigenvalue weighted by Crippen LogP contribution is -2.21. The van der Waals surface area contributed by atoms with Crippen LogP contribution in [-0.2, 0) is 16.1 Å². The van der Waals surface area contributed by atoms with Gasteiger partial charge in [-0.3, -0.25) is 4.79 Å². The van der Waals surface area contributed by atoms with Crippen molar-refractivity contribution in [2.45, 2.75) is 13.0 Å². The van der Waals surface area contributed by atoms with Crippen LogP contribution in [0.3, 0.4) is 0 Å². The number of benzene rings is 1. The molecule has 1 aromatic heterocycles. The summed E-state index contributed by atoms with van der Waals surface area (Å²) in [6.45, 7) is 4.65. The van der Waals surface area contributed by atoms with Crippen molar-refractivity contribution in [2.75, 3.05) is 18.5 Å². The number of carbonyl (C=O) groups is 1. The van der Waals surface area contributed by atoms with Gasteiger partial charge in [-0.05, 0) is 24.1 Å². The molecule has 0 aliphatic carbocycles. The summed E-state index contributed by atoms with van der Waals surface area (Å²) in [5, 5.41) is 7.68. The molecule has 116 valence electrons. The van der Waals surface area contributed by atoms with Gasteiger partial charge >= 0.3 is 0 Å². The first-order valence-corrected chi connectivity index (χ1v) is 7.31. The van der Waals surface area contributed by atoms with Gasteiger partial charge in [-0.15, -0.1) is 6.58 Å². The summed E-state index contributed by atoms with van der Waals surface area (Å²) >= 11 is 5.87. The third-order valence-corrected chi connectivity index (χ3v) is 3.18. The van der Waals surface area contributed by atoms with E-state index in [2.05, 4.69) is 17.0 Å². The molecule has 0 unspecified atom stereocenters. The SMILES string of the molecule is C=CCCOCC(=O)Nc1ccnn1Cc1ccc(Cl)cc1. The fourth-order valence-electron chi connectivity index (χ4n) is 1.84. The molecule has 0 aliphatic heterocycles. The van der Waals surface area contributed by atoms with E-state index in [1.54, 1.807) is 23.0 Å². The molecule has 2 aromatic rings. The smallest absolute Gasteiger partial charge is 0.251 e. The molecule has 2 rings (SSSR count). The number of amides is 1. The minimum Gasteiger partial charge on any atom is -0.371 e. The zero-order valence-corrected chi connectivity index (χ0v) is 12.9. The van der Waals surface area contributed by atoms with Crippen molar-refractivity contribution < 1.29 is 9.53 Å². The second-order valence-electron chi connectivity index (χ2n) is 4.68. The highest BCUT2D eigenvalue weighted by molar-refractivity contribution is 6.30. The third kappa shape index (κ3) is 5.02. The number of halogens is 1. The third-order valence-electron chi connectivity index (χ3n) is 2.93. The van der Waals surface area contributed by atoms with Crippen molar-refractivity contribution in [3.63, 3.8) is 0 Å². The molecule has 1 heterocycles. The van der Waals surface area contributed by atoms with Crippen molar-refractivity contribution in [3.8, 4) is 0 Å². The Balaban J connectivity index is 1.90. The van der Waals surface area contributed by atoms with Crippen LogP contribution in [0.1, 0.15) is 12.0 Å². The molecule has 0 radical (unpaired) electrons. The first-order chi connectivity index (χ1) is 10.7. The van der Waals surface area contributed by atoms with Crippen LogP contribution in [0.5, 0.6) is 0 Å². The number of ether oxygens (including phenoxy) is 1. The summed E-state index contributed by atoms with van der Waals surface area (Å²) < 4.78 is 6.94. The van der Waals surface area contributed by atoms with E-state index < -0.39 is 0 Å². The summed E-state index contributed by atoms with van der Waals surface area (Å²) in [6, 6.07) is 9.25. The lowest BCUT2D eigenvalue weighted by atomic mass is 10.2. The van der Waals surface area contributed by atoms with Crippen LogP contribution >= 0.6 is 11.6 Å². The van der Waals surface area contributed by atoms with Crippen LogP contribution in [0, 0.1) is 0 Å². The fourth-order valence-corrected chi connectivity index (χ4v) is 1.96. The minimum atomic E-state index is -0.207. The van der Waals surface area contributed by atoms with Crippen molar-refractivity contribution in [1.82, 2.24) is 9.78 Å². The van der Waals surface area contributed by atoms with Gasteiger partial charge in [0.25, 0.3) is 5.91 Å². The fraction of sp³-hybridized carbons (Fsp3) is 0.250. The standard InChI is InChI=1S/C16H18ClN3O2/c1-2-3-10-22-12-16(21)19-15-8-9-18-20(15)11-13-4-6-14(17)7-5-13/h2,4-9H,1,3,10-12H2,(H,19,21). The Morgan fingerprint density at radius 2 is 2.14 bits per heavy atom. The Labute approximate surface area is 134 Å². The zero-order valence-electron chi connectivity index (χ0n) is 12.2. The molecule has 0 saturated carbocycles. The average molecular weight is 320 g/mol. The van der Waals surface area contributed by atoms with E-state index in [4.69, 9.17) is 16.3 Å². The molecule has 5 nitrogen and oxygen atoms in total. The van der Waals surface area contributed by atoms with E-state index in [0.717, 1.165) is 12.0 Å². The number of aromatic nitrogens is 2. The summed E-state index contributed by atoms with van der Waals surface area (Å²) in [6.07, 6.45) is 4.12. The number of hydrogen-bond acceptors (Lipinski definition) is 3. The predicted octanol–water partition coefficient (Wildman–Crippen LogP) is 3.12. The second kappa shape index (κ2) is 8.36. The van der Waals surface area contributed by atoms with Gasteiger partial charge in [-0.25, -0.2) is 4.68 Å². The monoisotopic (exact) mass is 319 g/mol. The Bertz CT molecular complexity index is 623. The zero-order chi connectivity index (χ0) is 15.8. The van der Waals surface area contributed by atoms with E-state index in [-0.39, 0.29) is 12.5 Å². The summed E-state index contributed by atoms with van der Waals surface area (Å²) in [7, 11) is 0. The normalized spacial score (nSPS) is 10.4. The van der Waals surface area contributed by atoms with E-state index in [0.29, 0.717) is 24.0 Å². The van der Waals surface area contributed by atoms with Gasteiger partial charge in [0.15, 0.2) is 0 Å². The van der Waals surface area contributed by atoms with Crippen LogP contribution in [0.15, 0.2) is 49.2 Å². The highest BCUT2D eigenvalue weighted by atomic mass is 35.5. The topological polar surface area (TPSA) is 56.1 Å². The number of hydrogen-bond donors (Lipinski definition) is 1. The Hall–Kier alpha value is -2.11. The van der Waals surface area contributed by atoms with Gasteiger partial charge in [-0.1, -0.05) is 29.8 Å². The number of nitrogens with zero attached hydrogens (tertiary/aromatic N) is 2. The molecule has 0 fully saturated rings. The van der Waals surface area contributed by atoms with Crippen LogP contribution in [-0.4, -0.2) is 28.9 Å². The molecule has 0 saturated heterocycles. The second-order valence-corrected chi connectivity index (χ2v) is 5.12. The largest absolute Gasteiger partial charge is 0.371 e. The number of nitrogens with one attached hydrogen (secondary N) is 1. The molecule has 6 heteroatoms. The Morgan fingerprint density at radius 3 is 2.86 bits per heavy atom. The van der Waals surface area contributed by atoms with Crippen molar-refractivity contribution in [3.05, 3.63) is 59.8 Å². The van der Waals surface area contributed by atoms with Crippen LogP contribution in [0.2, 0.25) is 5.02 Å². The number of rotatable bonds is 8. The van der Waals surface area contributed by atoms with Crippen LogP contribution < -0.4 is 5.32 Å². The van der Waals surface area contributed by atoms with Crippen LogP contribution in [0.4, 0.5) is 5.82 Å². The van der Waals surface area contributed by atoms with E-state index in [9.17, 15) is 4.79 Å². The predicted molar refractivity (Wildman–Crippen MR) is 87.0 cm³/mol. The van der Waals surface area contributed by atoms with Crippen molar-refractivity contribution in [2.24, 2.45) is 0 Å². The maximum absolute atomic E-state index is 11.8. The Morgan fingerprint density at radius 1 is 1.36 bits per heavy atom. The Kier molecular flexibility index (Phi) is 6.18. The molecule has 22 heavy (non-hydrogen) atoms. The maximum atomic E-state index is 11.8. The number of anilines is 1. The molecular formula is C16H18ClN3O2. The lowest BCUT2D eigenvalue weighted by Gasteiger charge is -2.09. The lowest BCUT2D eigenvalue weighted by molar-refractivity contribution is -0.120. The quantitative estimate of drug-likeness (QED) is 0.601. The molecule has 0 spiro atoms. The summed E-state index contributed by atoms with van der Waals surface area (Å²) in [4.78, 5) is 11.8. The maximum Gasteiger partial charge on any atom is 0.251 e. The van der Waals surface area contributed by atoms with Gasteiger partial charge < -0.3 is 10.1 Å². The molecule has 0 bridgehead atoms. The molecule has 1 amide bonds. The first-order valence-electron chi connectivity index (χ1n) is 6.94. The van der Waals surface area contributed by atoms with Gasteiger partial charge in [0.05, 0.1) is 19.3 Å². The molecule has 1 aromatic carbocycles. The van der Waals surface area contributed by atoms with E-state index in [1.165, 1.54) is 0 Å². The summed E-state index contributed by atoms with van der Waals surface area (Å²) in [5.41, 5.74) is 1.05. The van der Waals surface area contributed by atoms with Crippen LogP contribution in [0.25, 0.3) is 0 Å². The highest BCUT2D eigenvalue weighted by Crippen LogP contribution is 2.13. The average Bonchev–Trinajstić information content (AvgIpc) is 2.93.